The van der Waals surface area contributed by atoms with Crippen LogP contribution in [0.4, 0.5) is 0 Å². The zero-order valence-corrected chi connectivity index (χ0v) is 51.0. The second kappa shape index (κ2) is 65.1. The Bertz CT molecular complexity index is 1470. The van der Waals surface area contributed by atoms with E-state index in [4.69, 9.17) is 14.2 Å². The maximum atomic E-state index is 12.9. The molecule has 0 aliphatic carbocycles. The van der Waals surface area contributed by atoms with Gasteiger partial charge >= 0.3 is 17.9 Å². The molecule has 0 aliphatic heterocycles. The topological polar surface area (TPSA) is 78.9 Å². The number of hydrogen-bond acceptors (Lipinski definition) is 6. The molecule has 0 rings (SSSR count). The van der Waals surface area contributed by atoms with Gasteiger partial charge in [-0.25, -0.2) is 0 Å². The minimum Gasteiger partial charge on any atom is -0.462 e. The summed E-state index contributed by atoms with van der Waals surface area (Å²) in [5.74, 6) is -0.920. The smallest absolute Gasteiger partial charge is 0.306 e. The van der Waals surface area contributed by atoms with Gasteiger partial charge in [0.1, 0.15) is 13.2 Å². The molecule has 0 spiro atoms. The predicted molar refractivity (Wildman–Crippen MR) is 334 cm³/mol. The normalized spacial score (nSPS) is 12.6. The van der Waals surface area contributed by atoms with Crippen molar-refractivity contribution >= 4 is 17.9 Å². The monoisotopic (exact) mass is 1070 g/mol. The van der Waals surface area contributed by atoms with E-state index < -0.39 is 6.10 Å². The maximum Gasteiger partial charge on any atom is 0.306 e. The summed E-state index contributed by atoms with van der Waals surface area (Å²) >= 11 is 0. The molecular weight excluding hydrogens is 949 g/mol. The fourth-order valence-corrected chi connectivity index (χ4v) is 9.40. The van der Waals surface area contributed by atoms with Crippen LogP contribution < -0.4 is 0 Å². The first kappa shape index (κ1) is 73.6. The van der Waals surface area contributed by atoms with Gasteiger partial charge in [0.25, 0.3) is 0 Å². The van der Waals surface area contributed by atoms with Crippen LogP contribution in [0, 0.1) is 0 Å². The summed E-state index contributed by atoms with van der Waals surface area (Å²) in [6, 6.07) is 0. The number of rotatable bonds is 60. The quantitative estimate of drug-likeness (QED) is 0.0261. The van der Waals surface area contributed by atoms with Crippen LogP contribution >= 0.6 is 0 Å². The van der Waals surface area contributed by atoms with Gasteiger partial charge in [-0.05, 0) is 116 Å². The van der Waals surface area contributed by atoms with E-state index >= 15 is 0 Å². The van der Waals surface area contributed by atoms with Gasteiger partial charge in [0.05, 0.1) is 0 Å². The minimum atomic E-state index is -0.798. The molecule has 0 aromatic heterocycles. The molecule has 0 radical (unpaired) electrons. The number of unbranched alkanes of at least 4 members (excludes halogenated alkanes) is 35. The lowest BCUT2D eigenvalue weighted by atomic mass is 10.0. The van der Waals surface area contributed by atoms with Gasteiger partial charge < -0.3 is 14.2 Å². The Labute approximate surface area is 477 Å². The molecule has 0 saturated heterocycles. The van der Waals surface area contributed by atoms with Crippen molar-refractivity contribution in [2.45, 2.75) is 335 Å². The predicted octanol–water partition coefficient (Wildman–Crippen LogP) is 22.7. The Balaban J connectivity index is 4.30. The number of esters is 3. The summed E-state index contributed by atoms with van der Waals surface area (Å²) in [6.07, 6.45) is 86.0. The SMILES string of the molecule is CC/C=C\C/C=C\C/C=C\C/C=C\C/C=C\CCCCCC(=O)OC(COC(=O)CCCCCCC/C=C\CCCCCC)COC(=O)CCCCCCCCCCCCCCCCC/C=C\CCCCCCCCCC. The second-order valence-electron chi connectivity index (χ2n) is 22.0. The molecule has 0 N–H and O–H groups in total. The van der Waals surface area contributed by atoms with E-state index in [1.54, 1.807) is 0 Å². The van der Waals surface area contributed by atoms with Crippen molar-refractivity contribution < 1.29 is 28.6 Å². The van der Waals surface area contributed by atoms with Crippen molar-refractivity contribution in [2.24, 2.45) is 0 Å². The third-order valence-electron chi connectivity index (χ3n) is 14.4. The van der Waals surface area contributed by atoms with E-state index in [1.165, 1.54) is 186 Å². The lowest BCUT2D eigenvalue weighted by Gasteiger charge is -2.18. The van der Waals surface area contributed by atoms with Crippen molar-refractivity contribution in [1.82, 2.24) is 0 Å². The number of ether oxygens (including phenoxy) is 3. The third-order valence-corrected chi connectivity index (χ3v) is 14.4. The standard InChI is InChI=1S/C71H124O6/c1-4-7-10-13-16-19-22-25-27-29-31-32-33-34-35-36-37-38-40-41-43-46-49-52-55-58-61-64-70(73)76-67-68(66-75-69(72)63-60-57-54-51-48-45-24-21-18-15-12-9-6-3)77-71(74)65-62-59-56-53-50-47-44-42-39-30-28-26-23-20-17-14-11-8-5-2/h8,11,17,20-21,24,26,28-29,31,39,42,47,50,68H,4-7,9-10,12-16,18-19,22-23,25,27,30,32-38,40-41,43-46,48-49,51-67H2,1-3H3/b11-8-,20-17-,24-21-,28-26-,31-29-,42-39-,50-47-. The Morgan fingerprint density at radius 3 is 0.831 bits per heavy atom. The summed E-state index contributed by atoms with van der Waals surface area (Å²) in [5.41, 5.74) is 0. The summed E-state index contributed by atoms with van der Waals surface area (Å²) in [4.78, 5) is 38.3. The van der Waals surface area contributed by atoms with Gasteiger partial charge in [-0.15, -0.1) is 0 Å². The lowest BCUT2D eigenvalue weighted by molar-refractivity contribution is -0.167. The van der Waals surface area contributed by atoms with Gasteiger partial charge in [-0.3, -0.25) is 14.4 Å². The number of carbonyl (C=O) groups excluding carboxylic acids is 3. The Kier molecular flexibility index (Phi) is 62.2. The van der Waals surface area contributed by atoms with E-state index in [2.05, 4.69) is 106 Å². The molecule has 0 heterocycles. The number of carbonyl (C=O) groups is 3. The van der Waals surface area contributed by atoms with E-state index in [1.807, 2.05) is 0 Å². The first-order valence-electron chi connectivity index (χ1n) is 33.1. The average molecular weight is 1070 g/mol. The van der Waals surface area contributed by atoms with Crippen LogP contribution in [0.25, 0.3) is 0 Å². The average Bonchev–Trinajstić information content (AvgIpc) is 3.43. The van der Waals surface area contributed by atoms with Crippen molar-refractivity contribution in [1.29, 1.82) is 0 Å². The molecular formula is C71H124O6. The molecule has 0 amide bonds. The van der Waals surface area contributed by atoms with E-state index in [0.717, 1.165) is 103 Å². The van der Waals surface area contributed by atoms with E-state index in [9.17, 15) is 14.4 Å². The molecule has 1 unspecified atom stereocenters. The van der Waals surface area contributed by atoms with Crippen LogP contribution in [0.3, 0.4) is 0 Å². The van der Waals surface area contributed by atoms with Crippen LogP contribution in [0.2, 0.25) is 0 Å². The van der Waals surface area contributed by atoms with Crippen LogP contribution in [-0.2, 0) is 28.6 Å². The zero-order valence-electron chi connectivity index (χ0n) is 51.0. The summed E-state index contributed by atoms with van der Waals surface area (Å²) < 4.78 is 16.9. The van der Waals surface area contributed by atoms with Crippen LogP contribution in [-0.4, -0.2) is 37.2 Å². The lowest BCUT2D eigenvalue weighted by Crippen LogP contribution is -2.30. The minimum absolute atomic E-state index is 0.0908. The number of allylic oxidation sites excluding steroid dienone is 14. The van der Waals surface area contributed by atoms with Crippen molar-refractivity contribution in [3.63, 3.8) is 0 Å². The number of hydrogen-bond donors (Lipinski definition) is 0. The highest BCUT2D eigenvalue weighted by Crippen LogP contribution is 2.17. The van der Waals surface area contributed by atoms with Crippen molar-refractivity contribution in [2.75, 3.05) is 13.2 Å². The Morgan fingerprint density at radius 1 is 0.273 bits per heavy atom. The summed E-state index contributed by atoms with van der Waals surface area (Å²) in [7, 11) is 0. The first-order chi connectivity index (χ1) is 38.0. The summed E-state index contributed by atoms with van der Waals surface area (Å²) in [5, 5.41) is 0. The molecule has 0 bridgehead atoms. The van der Waals surface area contributed by atoms with Gasteiger partial charge in [0.2, 0.25) is 0 Å². The fraction of sp³-hybridized carbons (Fsp3) is 0.761. The maximum absolute atomic E-state index is 12.9. The molecule has 0 fully saturated rings. The second-order valence-corrected chi connectivity index (χ2v) is 22.0. The molecule has 0 aliphatic rings. The van der Waals surface area contributed by atoms with E-state index in [0.29, 0.717) is 12.8 Å². The molecule has 0 aromatic rings. The molecule has 0 saturated carbocycles. The highest BCUT2D eigenvalue weighted by molar-refractivity contribution is 5.71. The Hall–Kier alpha value is -3.41. The van der Waals surface area contributed by atoms with Gasteiger partial charge in [-0.2, -0.15) is 0 Å². The molecule has 0 aromatic carbocycles. The molecule has 6 heteroatoms. The van der Waals surface area contributed by atoms with Crippen LogP contribution in [0.15, 0.2) is 85.1 Å². The van der Waals surface area contributed by atoms with Gasteiger partial charge in [-0.1, -0.05) is 279 Å². The van der Waals surface area contributed by atoms with Crippen molar-refractivity contribution in [3.8, 4) is 0 Å². The fourth-order valence-electron chi connectivity index (χ4n) is 9.40. The molecule has 444 valence electrons. The van der Waals surface area contributed by atoms with Crippen LogP contribution in [0.1, 0.15) is 329 Å². The third kappa shape index (κ3) is 63.3. The Morgan fingerprint density at radius 2 is 0.506 bits per heavy atom. The van der Waals surface area contributed by atoms with Gasteiger partial charge in [0.15, 0.2) is 6.10 Å². The molecule has 77 heavy (non-hydrogen) atoms. The zero-order chi connectivity index (χ0) is 55.7. The first-order valence-corrected chi connectivity index (χ1v) is 33.1. The molecule has 1 atom stereocenters. The highest BCUT2D eigenvalue weighted by atomic mass is 16.6. The van der Waals surface area contributed by atoms with Crippen molar-refractivity contribution in [3.05, 3.63) is 85.1 Å². The van der Waals surface area contributed by atoms with E-state index in [-0.39, 0.29) is 37.5 Å². The molecule has 6 nitrogen and oxygen atoms in total. The van der Waals surface area contributed by atoms with Crippen LogP contribution in [0.5, 0.6) is 0 Å². The largest absolute Gasteiger partial charge is 0.462 e. The summed E-state index contributed by atoms with van der Waals surface area (Å²) in [6.45, 7) is 6.51. The van der Waals surface area contributed by atoms with Gasteiger partial charge in [0, 0.05) is 19.3 Å². The highest BCUT2D eigenvalue weighted by Gasteiger charge is 2.19.